The Kier molecular flexibility index (Phi) is 2.46. The summed E-state index contributed by atoms with van der Waals surface area (Å²) in [5.41, 5.74) is 6.54. The number of anilines is 1. The summed E-state index contributed by atoms with van der Waals surface area (Å²) < 4.78 is 18.9. The number of rotatable bonds is 2. The van der Waals surface area contributed by atoms with Gasteiger partial charge in [0.25, 0.3) is 0 Å². The third-order valence-electron chi connectivity index (χ3n) is 2.27. The molecular weight excluding hydrogens is 193 g/mol. The first-order chi connectivity index (χ1) is 7.20. The van der Waals surface area contributed by atoms with Crippen molar-refractivity contribution < 1.29 is 8.81 Å². The topological polar surface area (TPSA) is 39.2 Å². The first kappa shape index (κ1) is 9.77. The maximum Gasteiger partial charge on any atom is 0.137 e. The van der Waals surface area contributed by atoms with Crippen LogP contribution < -0.4 is 5.73 Å². The number of benzene rings is 1. The Morgan fingerprint density at radius 3 is 2.73 bits per heavy atom. The zero-order valence-electron chi connectivity index (χ0n) is 8.46. The summed E-state index contributed by atoms with van der Waals surface area (Å²) >= 11 is 0. The monoisotopic (exact) mass is 205 g/mol. The smallest absolute Gasteiger partial charge is 0.137 e. The summed E-state index contributed by atoms with van der Waals surface area (Å²) in [4.78, 5) is 0. The van der Waals surface area contributed by atoms with Crippen LogP contribution in [0.3, 0.4) is 0 Å². The Morgan fingerprint density at radius 2 is 2.07 bits per heavy atom. The molecule has 0 aliphatic rings. The van der Waals surface area contributed by atoms with E-state index in [-0.39, 0.29) is 5.82 Å². The van der Waals surface area contributed by atoms with Gasteiger partial charge in [0.1, 0.15) is 17.3 Å². The van der Waals surface area contributed by atoms with Crippen LogP contribution in [0.2, 0.25) is 0 Å². The highest BCUT2D eigenvalue weighted by Gasteiger charge is 2.09. The van der Waals surface area contributed by atoms with Crippen molar-refractivity contribution in [3.05, 3.63) is 41.9 Å². The van der Waals surface area contributed by atoms with Crippen LogP contribution in [-0.4, -0.2) is 0 Å². The van der Waals surface area contributed by atoms with Crippen molar-refractivity contribution in [1.29, 1.82) is 0 Å². The highest BCUT2D eigenvalue weighted by Crippen LogP contribution is 2.26. The van der Waals surface area contributed by atoms with Gasteiger partial charge in [-0.15, -0.1) is 0 Å². The van der Waals surface area contributed by atoms with Gasteiger partial charge in [0.2, 0.25) is 0 Å². The van der Waals surface area contributed by atoms with Crippen molar-refractivity contribution in [3.63, 3.8) is 0 Å². The summed E-state index contributed by atoms with van der Waals surface area (Å²) in [5.74, 6) is 1.05. The van der Waals surface area contributed by atoms with Gasteiger partial charge in [-0.2, -0.15) is 0 Å². The summed E-state index contributed by atoms with van der Waals surface area (Å²) in [6, 6.07) is 8.06. The average molecular weight is 205 g/mol. The van der Waals surface area contributed by atoms with E-state index in [1.807, 2.05) is 13.0 Å². The number of hydrogen-bond donors (Lipinski definition) is 1. The zero-order chi connectivity index (χ0) is 10.8. The van der Waals surface area contributed by atoms with Crippen molar-refractivity contribution in [2.24, 2.45) is 0 Å². The maximum atomic E-state index is 13.5. The van der Waals surface area contributed by atoms with Crippen LogP contribution in [0.4, 0.5) is 10.1 Å². The predicted molar refractivity (Wildman–Crippen MR) is 57.9 cm³/mol. The predicted octanol–water partition coefficient (Wildman–Crippen LogP) is 3.23. The number of halogens is 1. The first-order valence-electron chi connectivity index (χ1n) is 4.85. The lowest BCUT2D eigenvalue weighted by Gasteiger charge is -2.00. The van der Waals surface area contributed by atoms with Crippen LogP contribution in [0, 0.1) is 5.82 Å². The van der Waals surface area contributed by atoms with Gasteiger partial charge in [-0.1, -0.05) is 6.92 Å². The number of hydrogen-bond acceptors (Lipinski definition) is 2. The van der Waals surface area contributed by atoms with Gasteiger partial charge in [-0.05, 0) is 30.3 Å². The number of nitrogen functional groups attached to an aromatic ring is 1. The molecule has 1 aromatic carbocycles. The Hall–Kier alpha value is -1.77. The Morgan fingerprint density at radius 1 is 1.27 bits per heavy atom. The van der Waals surface area contributed by atoms with Crippen molar-refractivity contribution in [2.45, 2.75) is 13.3 Å². The summed E-state index contributed by atoms with van der Waals surface area (Å²) in [5, 5.41) is 0. The molecule has 78 valence electrons. The van der Waals surface area contributed by atoms with Gasteiger partial charge in [-0.25, -0.2) is 4.39 Å². The highest BCUT2D eigenvalue weighted by molar-refractivity contribution is 5.63. The van der Waals surface area contributed by atoms with E-state index in [0.717, 1.165) is 12.2 Å². The van der Waals surface area contributed by atoms with Crippen molar-refractivity contribution >= 4 is 5.69 Å². The lowest BCUT2D eigenvalue weighted by molar-refractivity contribution is 0.523. The lowest BCUT2D eigenvalue weighted by Crippen LogP contribution is -1.88. The molecule has 2 aromatic rings. The summed E-state index contributed by atoms with van der Waals surface area (Å²) in [6.45, 7) is 1.98. The lowest BCUT2D eigenvalue weighted by atomic mass is 10.1. The van der Waals surface area contributed by atoms with Crippen LogP contribution in [0.25, 0.3) is 11.3 Å². The van der Waals surface area contributed by atoms with Crippen LogP contribution in [-0.2, 0) is 6.42 Å². The molecule has 0 atom stereocenters. The van der Waals surface area contributed by atoms with Gasteiger partial charge in [-0.3, -0.25) is 0 Å². The molecule has 1 heterocycles. The largest absolute Gasteiger partial charge is 0.461 e. The van der Waals surface area contributed by atoms with E-state index in [9.17, 15) is 4.39 Å². The van der Waals surface area contributed by atoms with Gasteiger partial charge in [0.15, 0.2) is 0 Å². The minimum absolute atomic E-state index is 0.318. The molecule has 15 heavy (non-hydrogen) atoms. The van der Waals surface area contributed by atoms with Crippen LogP contribution in [0.1, 0.15) is 12.7 Å². The number of aryl methyl sites for hydroxylation is 1. The van der Waals surface area contributed by atoms with E-state index < -0.39 is 0 Å². The third-order valence-corrected chi connectivity index (χ3v) is 2.27. The van der Waals surface area contributed by atoms with E-state index in [1.54, 1.807) is 12.1 Å². The van der Waals surface area contributed by atoms with Crippen LogP contribution in [0.5, 0.6) is 0 Å². The third kappa shape index (κ3) is 1.86. The molecule has 0 unspecified atom stereocenters. The molecule has 0 saturated carbocycles. The zero-order valence-corrected chi connectivity index (χ0v) is 8.46. The second-order valence-electron chi connectivity index (χ2n) is 3.36. The van der Waals surface area contributed by atoms with Gasteiger partial charge < -0.3 is 10.2 Å². The van der Waals surface area contributed by atoms with Crippen molar-refractivity contribution in [2.75, 3.05) is 5.73 Å². The molecule has 0 aliphatic carbocycles. The Balaban J connectivity index is 2.48. The Bertz CT molecular complexity index is 476. The van der Waals surface area contributed by atoms with Crippen molar-refractivity contribution in [1.82, 2.24) is 0 Å². The number of furan rings is 1. The maximum absolute atomic E-state index is 13.5. The Labute approximate surface area is 87.5 Å². The molecule has 0 amide bonds. The van der Waals surface area contributed by atoms with E-state index in [1.165, 1.54) is 12.1 Å². The molecule has 2 N–H and O–H groups in total. The second kappa shape index (κ2) is 3.77. The molecule has 3 heteroatoms. The average Bonchev–Trinajstić information content (AvgIpc) is 2.70. The molecule has 2 nitrogen and oxygen atoms in total. The van der Waals surface area contributed by atoms with Crippen molar-refractivity contribution in [3.8, 4) is 11.3 Å². The molecule has 2 rings (SSSR count). The van der Waals surface area contributed by atoms with E-state index in [2.05, 4.69) is 0 Å². The van der Waals surface area contributed by atoms with Crippen LogP contribution in [0.15, 0.2) is 34.7 Å². The molecule has 0 radical (unpaired) electrons. The second-order valence-corrected chi connectivity index (χ2v) is 3.36. The minimum Gasteiger partial charge on any atom is -0.461 e. The normalized spacial score (nSPS) is 10.5. The first-order valence-corrected chi connectivity index (χ1v) is 4.85. The van der Waals surface area contributed by atoms with Gasteiger partial charge in [0.05, 0.1) is 5.56 Å². The SMILES string of the molecule is CCc1ccc(-c2cc(N)ccc2F)o1. The fraction of sp³-hybridized carbons (Fsp3) is 0.167. The minimum atomic E-state index is -0.318. The molecule has 0 saturated heterocycles. The quantitative estimate of drug-likeness (QED) is 0.764. The summed E-state index contributed by atoms with van der Waals surface area (Å²) in [6.07, 6.45) is 0.796. The van der Waals surface area contributed by atoms with E-state index in [4.69, 9.17) is 10.2 Å². The molecule has 0 spiro atoms. The van der Waals surface area contributed by atoms with E-state index >= 15 is 0 Å². The number of nitrogens with two attached hydrogens (primary N) is 1. The highest BCUT2D eigenvalue weighted by atomic mass is 19.1. The fourth-order valence-electron chi connectivity index (χ4n) is 1.44. The van der Waals surface area contributed by atoms with E-state index in [0.29, 0.717) is 17.0 Å². The molecular formula is C12H12FNO. The van der Waals surface area contributed by atoms with Crippen LogP contribution >= 0.6 is 0 Å². The van der Waals surface area contributed by atoms with Gasteiger partial charge in [0, 0.05) is 12.1 Å². The van der Waals surface area contributed by atoms with Gasteiger partial charge >= 0.3 is 0 Å². The molecule has 1 aromatic heterocycles. The molecule has 0 aliphatic heterocycles. The standard InChI is InChI=1S/C12H12FNO/c1-2-9-4-6-12(15-9)10-7-8(14)3-5-11(10)13/h3-7H,2,14H2,1H3. The fourth-order valence-corrected chi connectivity index (χ4v) is 1.44. The summed E-state index contributed by atoms with van der Waals surface area (Å²) in [7, 11) is 0. The molecule has 0 bridgehead atoms. The molecule has 0 fully saturated rings.